The van der Waals surface area contributed by atoms with E-state index >= 15 is 0 Å². The molecule has 0 atom stereocenters. The molecule has 1 saturated carbocycles. The van der Waals surface area contributed by atoms with Gasteiger partial charge in [-0.15, -0.1) is 0 Å². The first kappa shape index (κ1) is 13.2. The van der Waals surface area contributed by atoms with Crippen LogP contribution in [0, 0.1) is 10.7 Å². The molecule has 0 radical (unpaired) electrons. The van der Waals surface area contributed by atoms with Crippen molar-refractivity contribution < 1.29 is 4.79 Å². The number of rotatable bonds is 3. The highest BCUT2D eigenvalue weighted by atomic mass is 32.2. The maximum atomic E-state index is 11.7. The highest BCUT2D eigenvalue weighted by Gasteiger charge is 2.16. The van der Waals surface area contributed by atoms with Crippen molar-refractivity contribution in [2.75, 3.05) is 5.32 Å². The topological polar surface area (TPSA) is 77.8 Å². The minimum Gasteiger partial charge on any atom is -0.335 e. The highest BCUT2D eigenvalue weighted by Crippen LogP contribution is 2.27. The van der Waals surface area contributed by atoms with Crippen molar-refractivity contribution in [2.24, 2.45) is 0 Å². The molecule has 96 valence electrons. The molecule has 2 amide bonds. The molecular weight excluding hydrogens is 268 g/mol. The van der Waals surface area contributed by atoms with Gasteiger partial charge in [-0.05, 0) is 12.8 Å². The second kappa shape index (κ2) is 6.61. The van der Waals surface area contributed by atoms with Crippen molar-refractivity contribution in [1.82, 2.24) is 10.3 Å². The number of hydrogen-bond donors (Lipinski definition) is 2. The number of urea groups is 1. The number of amides is 2. The lowest BCUT2D eigenvalue weighted by Gasteiger charge is -2.22. The van der Waals surface area contributed by atoms with E-state index in [9.17, 15) is 4.79 Å². The summed E-state index contributed by atoms with van der Waals surface area (Å²) in [5.41, 5.74) is 0. The van der Waals surface area contributed by atoms with Crippen LogP contribution in [-0.2, 0) is 0 Å². The van der Waals surface area contributed by atoms with Gasteiger partial charge in [0.15, 0.2) is 5.13 Å². The van der Waals surface area contributed by atoms with Gasteiger partial charge in [-0.1, -0.05) is 30.6 Å². The van der Waals surface area contributed by atoms with Crippen LogP contribution in [-0.4, -0.2) is 17.1 Å². The molecule has 7 heteroatoms. The first-order valence-electron chi connectivity index (χ1n) is 5.87. The van der Waals surface area contributed by atoms with Gasteiger partial charge >= 0.3 is 6.03 Å². The van der Waals surface area contributed by atoms with E-state index in [1.54, 1.807) is 6.20 Å². The molecule has 1 aromatic rings. The molecule has 1 aromatic heterocycles. The summed E-state index contributed by atoms with van der Waals surface area (Å²) in [4.78, 5) is 15.8. The predicted molar refractivity (Wildman–Crippen MR) is 72.6 cm³/mol. The molecule has 0 saturated heterocycles. The summed E-state index contributed by atoms with van der Waals surface area (Å²) in [5, 5.41) is 16.7. The molecule has 0 bridgehead atoms. The Labute approximate surface area is 114 Å². The van der Waals surface area contributed by atoms with Crippen molar-refractivity contribution in [1.29, 1.82) is 5.26 Å². The Morgan fingerprint density at radius 1 is 1.50 bits per heavy atom. The number of carbonyl (C=O) groups excluding carboxylic acids is 1. The number of thiocyanates is 1. The largest absolute Gasteiger partial charge is 0.335 e. The van der Waals surface area contributed by atoms with Crippen LogP contribution in [0.5, 0.6) is 0 Å². The second-order valence-corrected chi connectivity index (χ2v) is 6.23. The fourth-order valence-corrected chi connectivity index (χ4v) is 3.23. The van der Waals surface area contributed by atoms with Gasteiger partial charge in [0.25, 0.3) is 0 Å². The number of anilines is 1. The van der Waals surface area contributed by atoms with E-state index in [1.165, 1.54) is 30.6 Å². The molecule has 2 rings (SSSR count). The molecule has 1 aliphatic rings. The molecule has 1 fully saturated rings. The third-order valence-corrected chi connectivity index (χ3v) is 4.40. The third-order valence-electron chi connectivity index (χ3n) is 2.79. The van der Waals surface area contributed by atoms with E-state index in [0.29, 0.717) is 5.13 Å². The lowest BCUT2D eigenvalue weighted by molar-refractivity contribution is 0.244. The molecule has 18 heavy (non-hydrogen) atoms. The number of thiazole rings is 1. The average molecular weight is 282 g/mol. The maximum Gasteiger partial charge on any atom is 0.321 e. The fourth-order valence-electron chi connectivity index (χ4n) is 1.97. The van der Waals surface area contributed by atoms with Crippen LogP contribution in [0.1, 0.15) is 32.1 Å². The smallest absolute Gasteiger partial charge is 0.321 e. The number of nitrogens with zero attached hydrogens (tertiary/aromatic N) is 2. The Bertz CT molecular complexity index is 448. The predicted octanol–water partition coefficient (Wildman–Crippen LogP) is 3.17. The normalized spacial score (nSPS) is 15.9. The standard InChI is InChI=1S/C11H14N4OS2/c12-7-17-9-6-13-11(18-9)15-10(16)14-8-4-2-1-3-5-8/h6,8H,1-5H2,(H2,13,14,15,16). The van der Waals surface area contributed by atoms with E-state index in [-0.39, 0.29) is 12.1 Å². The van der Waals surface area contributed by atoms with Crippen molar-refractivity contribution in [2.45, 2.75) is 42.4 Å². The zero-order chi connectivity index (χ0) is 12.8. The number of hydrogen-bond acceptors (Lipinski definition) is 5. The van der Waals surface area contributed by atoms with Crippen LogP contribution in [0.25, 0.3) is 0 Å². The van der Waals surface area contributed by atoms with Gasteiger partial charge < -0.3 is 5.32 Å². The zero-order valence-electron chi connectivity index (χ0n) is 9.81. The van der Waals surface area contributed by atoms with E-state index in [2.05, 4.69) is 15.6 Å². The first-order chi connectivity index (χ1) is 8.78. The Balaban J connectivity index is 1.80. The summed E-state index contributed by atoms with van der Waals surface area (Å²) >= 11 is 2.35. The second-order valence-electron chi connectivity index (χ2n) is 4.11. The highest BCUT2D eigenvalue weighted by molar-refractivity contribution is 8.05. The van der Waals surface area contributed by atoms with Crippen LogP contribution >= 0.6 is 23.1 Å². The number of nitriles is 1. The van der Waals surface area contributed by atoms with Gasteiger partial charge in [0.05, 0.1) is 10.4 Å². The van der Waals surface area contributed by atoms with Crippen molar-refractivity contribution in [3.8, 4) is 5.40 Å². The minimum absolute atomic E-state index is 0.204. The SMILES string of the molecule is N#CSc1cnc(NC(=O)NC2CCCCC2)s1. The Morgan fingerprint density at radius 3 is 3.00 bits per heavy atom. The average Bonchev–Trinajstić information content (AvgIpc) is 2.78. The van der Waals surface area contributed by atoms with Gasteiger partial charge in [0.2, 0.25) is 0 Å². The van der Waals surface area contributed by atoms with E-state index in [1.807, 2.05) is 5.40 Å². The Morgan fingerprint density at radius 2 is 2.28 bits per heavy atom. The maximum absolute atomic E-state index is 11.7. The summed E-state index contributed by atoms with van der Waals surface area (Å²) in [6.45, 7) is 0. The van der Waals surface area contributed by atoms with Gasteiger partial charge in [0.1, 0.15) is 5.40 Å². The molecular formula is C11H14N4OS2. The van der Waals surface area contributed by atoms with E-state index in [0.717, 1.165) is 28.8 Å². The molecule has 0 aromatic carbocycles. The lowest BCUT2D eigenvalue weighted by atomic mass is 9.96. The summed E-state index contributed by atoms with van der Waals surface area (Å²) in [6.07, 6.45) is 7.34. The summed E-state index contributed by atoms with van der Waals surface area (Å²) in [7, 11) is 0. The van der Waals surface area contributed by atoms with E-state index in [4.69, 9.17) is 5.26 Å². The molecule has 1 aliphatic carbocycles. The van der Waals surface area contributed by atoms with Gasteiger partial charge in [-0.25, -0.2) is 9.78 Å². The van der Waals surface area contributed by atoms with Gasteiger partial charge in [0, 0.05) is 17.8 Å². The van der Waals surface area contributed by atoms with Gasteiger partial charge in [-0.3, -0.25) is 5.32 Å². The Hall–Kier alpha value is -1.26. The van der Waals surface area contributed by atoms with Crippen molar-refractivity contribution in [3.05, 3.63) is 6.20 Å². The van der Waals surface area contributed by atoms with Crippen LogP contribution in [0.4, 0.5) is 9.93 Å². The monoisotopic (exact) mass is 282 g/mol. The van der Waals surface area contributed by atoms with Crippen LogP contribution in [0.3, 0.4) is 0 Å². The van der Waals surface area contributed by atoms with Crippen LogP contribution in [0.2, 0.25) is 0 Å². The number of nitrogens with one attached hydrogen (secondary N) is 2. The summed E-state index contributed by atoms with van der Waals surface area (Å²) in [5.74, 6) is 0. The molecule has 0 aliphatic heterocycles. The van der Waals surface area contributed by atoms with Crippen LogP contribution < -0.4 is 10.6 Å². The quantitative estimate of drug-likeness (QED) is 0.659. The van der Waals surface area contributed by atoms with Gasteiger partial charge in [-0.2, -0.15) is 5.26 Å². The number of aromatic nitrogens is 1. The summed E-state index contributed by atoms with van der Waals surface area (Å²) in [6, 6.07) is 0.0800. The fraction of sp³-hybridized carbons (Fsp3) is 0.545. The number of carbonyl (C=O) groups is 1. The molecule has 5 nitrogen and oxygen atoms in total. The lowest BCUT2D eigenvalue weighted by Crippen LogP contribution is -2.38. The molecule has 0 spiro atoms. The summed E-state index contributed by atoms with van der Waals surface area (Å²) < 4.78 is 0.783. The Kier molecular flexibility index (Phi) is 4.84. The first-order valence-corrected chi connectivity index (χ1v) is 7.50. The zero-order valence-corrected chi connectivity index (χ0v) is 11.4. The van der Waals surface area contributed by atoms with Crippen molar-refractivity contribution >= 4 is 34.3 Å². The van der Waals surface area contributed by atoms with Crippen molar-refractivity contribution in [3.63, 3.8) is 0 Å². The molecule has 2 N–H and O–H groups in total. The molecule has 0 unspecified atom stereocenters. The third kappa shape index (κ3) is 3.89. The molecule has 1 heterocycles. The number of thioether (sulfide) groups is 1. The van der Waals surface area contributed by atoms with Crippen LogP contribution in [0.15, 0.2) is 10.4 Å². The van der Waals surface area contributed by atoms with E-state index < -0.39 is 0 Å². The minimum atomic E-state index is -0.204.